The number of nitro benzene ring substituents is 1. The average Bonchev–Trinajstić information content (AvgIpc) is 3.30. The molecule has 1 aliphatic heterocycles. The summed E-state index contributed by atoms with van der Waals surface area (Å²) in [6, 6.07) is 13.6. The van der Waals surface area contributed by atoms with E-state index >= 15 is 0 Å². The van der Waals surface area contributed by atoms with E-state index in [0.29, 0.717) is 24.2 Å². The molecular formula is C18H14N4O3. The second kappa shape index (κ2) is 5.86. The van der Waals surface area contributed by atoms with Gasteiger partial charge in [0.25, 0.3) is 11.6 Å². The summed E-state index contributed by atoms with van der Waals surface area (Å²) in [7, 11) is 0. The summed E-state index contributed by atoms with van der Waals surface area (Å²) < 4.78 is 1.71. The van der Waals surface area contributed by atoms with Gasteiger partial charge in [0.1, 0.15) is 0 Å². The van der Waals surface area contributed by atoms with Gasteiger partial charge in [-0.3, -0.25) is 14.9 Å². The highest BCUT2D eigenvalue weighted by atomic mass is 16.6. The van der Waals surface area contributed by atoms with Crippen molar-refractivity contribution in [1.82, 2.24) is 9.78 Å². The molecule has 0 saturated carbocycles. The van der Waals surface area contributed by atoms with Crippen molar-refractivity contribution in [3.63, 3.8) is 0 Å². The molecule has 0 unspecified atom stereocenters. The van der Waals surface area contributed by atoms with Gasteiger partial charge >= 0.3 is 0 Å². The van der Waals surface area contributed by atoms with E-state index in [9.17, 15) is 14.9 Å². The van der Waals surface area contributed by atoms with E-state index in [2.05, 4.69) is 5.10 Å². The molecule has 7 nitrogen and oxygen atoms in total. The minimum atomic E-state index is -0.444. The van der Waals surface area contributed by atoms with Gasteiger partial charge in [-0.15, -0.1) is 0 Å². The minimum absolute atomic E-state index is 0.00696. The van der Waals surface area contributed by atoms with Crippen LogP contribution in [0, 0.1) is 10.1 Å². The number of hydrogen-bond acceptors (Lipinski definition) is 4. The summed E-state index contributed by atoms with van der Waals surface area (Å²) in [6.07, 6.45) is 4.21. The predicted molar refractivity (Wildman–Crippen MR) is 92.0 cm³/mol. The molecule has 0 atom stereocenters. The summed E-state index contributed by atoms with van der Waals surface area (Å²) in [5.41, 5.74) is 2.96. The van der Waals surface area contributed by atoms with Gasteiger partial charge in [-0.25, -0.2) is 4.68 Å². The number of nitrogens with zero attached hydrogens (tertiary/aromatic N) is 4. The van der Waals surface area contributed by atoms with Crippen LogP contribution in [0.25, 0.3) is 5.69 Å². The molecule has 1 aromatic heterocycles. The largest absolute Gasteiger partial charge is 0.308 e. The number of anilines is 1. The third-order valence-electron chi connectivity index (χ3n) is 4.30. The lowest BCUT2D eigenvalue weighted by Gasteiger charge is -2.17. The molecule has 0 radical (unpaired) electrons. The number of non-ortho nitro benzene ring substituents is 1. The third kappa shape index (κ3) is 2.65. The molecule has 1 aliphatic rings. The number of carbonyl (C=O) groups is 1. The number of fused-ring (bicyclic) bond motifs is 1. The van der Waals surface area contributed by atoms with Crippen LogP contribution in [0.5, 0.6) is 0 Å². The van der Waals surface area contributed by atoms with Crippen LogP contribution in [-0.2, 0) is 6.42 Å². The fourth-order valence-electron chi connectivity index (χ4n) is 3.03. The zero-order chi connectivity index (χ0) is 17.4. The van der Waals surface area contributed by atoms with Crippen molar-refractivity contribution < 1.29 is 9.72 Å². The Labute approximate surface area is 143 Å². The minimum Gasteiger partial charge on any atom is -0.308 e. The Hall–Kier alpha value is -3.48. The molecule has 0 aliphatic carbocycles. The first-order valence-electron chi connectivity index (χ1n) is 7.83. The van der Waals surface area contributed by atoms with Gasteiger partial charge in [-0.05, 0) is 42.3 Å². The fourth-order valence-corrected chi connectivity index (χ4v) is 3.03. The van der Waals surface area contributed by atoms with E-state index in [1.54, 1.807) is 34.0 Å². The van der Waals surface area contributed by atoms with E-state index in [1.807, 2.05) is 24.4 Å². The van der Waals surface area contributed by atoms with E-state index in [0.717, 1.165) is 11.3 Å². The van der Waals surface area contributed by atoms with Crippen molar-refractivity contribution in [2.45, 2.75) is 6.42 Å². The Balaban J connectivity index is 1.63. The van der Waals surface area contributed by atoms with Gasteiger partial charge in [0.05, 0.1) is 16.3 Å². The smallest absolute Gasteiger partial charge is 0.271 e. The maximum atomic E-state index is 12.8. The van der Waals surface area contributed by atoms with Crippen LogP contribution in [0.2, 0.25) is 0 Å². The Morgan fingerprint density at radius 3 is 2.64 bits per heavy atom. The maximum Gasteiger partial charge on any atom is 0.271 e. The SMILES string of the molecule is O=C(c1ccc(-n2cccn2)cc1)N1CCc2ccc([N+](=O)[O-])cc21. The maximum absolute atomic E-state index is 12.8. The van der Waals surface area contributed by atoms with E-state index in [4.69, 9.17) is 0 Å². The van der Waals surface area contributed by atoms with Crippen molar-refractivity contribution in [2.75, 3.05) is 11.4 Å². The number of aromatic nitrogens is 2. The van der Waals surface area contributed by atoms with Crippen LogP contribution in [0.4, 0.5) is 11.4 Å². The summed E-state index contributed by atoms with van der Waals surface area (Å²) in [6.45, 7) is 0.524. The summed E-state index contributed by atoms with van der Waals surface area (Å²) in [5.74, 6) is -0.161. The van der Waals surface area contributed by atoms with Crippen LogP contribution < -0.4 is 4.90 Å². The summed E-state index contributed by atoms with van der Waals surface area (Å²) >= 11 is 0. The number of amides is 1. The Kier molecular flexibility index (Phi) is 3.53. The standard InChI is InChI=1S/C18H14N4O3/c23-18(14-3-5-15(6-4-14)21-10-1-9-19-21)20-11-8-13-2-7-16(22(24)25)12-17(13)20/h1-7,9-10,12H,8,11H2. The molecule has 2 aromatic carbocycles. The first-order chi connectivity index (χ1) is 12.1. The molecule has 124 valence electrons. The van der Waals surface area contributed by atoms with E-state index in [-0.39, 0.29) is 11.6 Å². The highest BCUT2D eigenvalue weighted by Gasteiger charge is 2.27. The number of rotatable bonds is 3. The van der Waals surface area contributed by atoms with Crippen molar-refractivity contribution in [1.29, 1.82) is 0 Å². The van der Waals surface area contributed by atoms with Crippen LogP contribution in [0.3, 0.4) is 0 Å². The first-order valence-corrected chi connectivity index (χ1v) is 7.83. The zero-order valence-electron chi connectivity index (χ0n) is 13.2. The quantitative estimate of drug-likeness (QED) is 0.545. The molecule has 2 heterocycles. The molecule has 0 N–H and O–H groups in total. The molecule has 0 fully saturated rings. The molecule has 4 rings (SSSR count). The van der Waals surface area contributed by atoms with Gasteiger partial charge in [-0.2, -0.15) is 5.10 Å². The second-order valence-electron chi connectivity index (χ2n) is 5.77. The van der Waals surface area contributed by atoms with Crippen LogP contribution in [-0.4, -0.2) is 27.2 Å². The van der Waals surface area contributed by atoms with Gasteiger partial charge < -0.3 is 4.90 Å². The van der Waals surface area contributed by atoms with Gasteiger partial charge in [0.2, 0.25) is 0 Å². The number of nitro groups is 1. The lowest BCUT2D eigenvalue weighted by molar-refractivity contribution is -0.384. The summed E-state index contributed by atoms with van der Waals surface area (Å²) in [5, 5.41) is 15.1. The molecule has 1 amide bonds. The Bertz CT molecular complexity index is 949. The Morgan fingerprint density at radius 2 is 1.96 bits per heavy atom. The predicted octanol–water partition coefficient (Wildman–Crippen LogP) is 2.98. The number of hydrogen-bond donors (Lipinski definition) is 0. The van der Waals surface area contributed by atoms with E-state index < -0.39 is 4.92 Å². The number of benzene rings is 2. The van der Waals surface area contributed by atoms with Crippen LogP contribution in [0.1, 0.15) is 15.9 Å². The van der Waals surface area contributed by atoms with Crippen LogP contribution >= 0.6 is 0 Å². The first kappa shape index (κ1) is 15.1. The normalized spacial score (nSPS) is 12.9. The Morgan fingerprint density at radius 1 is 1.16 bits per heavy atom. The molecule has 25 heavy (non-hydrogen) atoms. The lowest BCUT2D eigenvalue weighted by Crippen LogP contribution is -2.28. The van der Waals surface area contributed by atoms with Gasteiger partial charge in [0.15, 0.2) is 0 Å². The fraction of sp³-hybridized carbons (Fsp3) is 0.111. The molecule has 7 heteroatoms. The van der Waals surface area contributed by atoms with Gasteiger partial charge in [-0.1, -0.05) is 6.07 Å². The van der Waals surface area contributed by atoms with Crippen molar-refractivity contribution in [3.05, 3.63) is 82.2 Å². The highest BCUT2D eigenvalue weighted by molar-refractivity contribution is 6.07. The number of carbonyl (C=O) groups excluding carboxylic acids is 1. The second-order valence-corrected chi connectivity index (χ2v) is 5.77. The molecule has 0 spiro atoms. The average molecular weight is 334 g/mol. The van der Waals surface area contributed by atoms with Gasteiger partial charge in [0, 0.05) is 36.6 Å². The van der Waals surface area contributed by atoms with Crippen molar-refractivity contribution in [2.24, 2.45) is 0 Å². The molecule has 0 bridgehead atoms. The monoisotopic (exact) mass is 334 g/mol. The van der Waals surface area contributed by atoms with E-state index in [1.165, 1.54) is 12.1 Å². The lowest BCUT2D eigenvalue weighted by atomic mass is 10.1. The molecular weight excluding hydrogens is 320 g/mol. The molecule has 3 aromatic rings. The topological polar surface area (TPSA) is 81.3 Å². The molecule has 0 saturated heterocycles. The van der Waals surface area contributed by atoms with Crippen molar-refractivity contribution in [3.8, 4) is 5.69 Å². The highest BCUT2D eigenvalue weighted by Crippen LogP contribution is 2.32. The van der Waals surface area contributed by atoms with Crippen LogP contribution in [0.15, 0.2) is 60.9 Å². The van der Waals surface area contributed by atoms with Crippen molar-refractivity contribution >= 4 is 17.3 Å². The third-order valence-corrected chi connectivity index (χ3v) is 4.30. The zero-order valence-corrected chi connectivity index (χ0v) is 13.2. The summed E-state index contributed by atoms with van der Waals surface area (Å²) in [4.78, 5) is 25.0.